The molecule has 56 valence electrons. The van der Waals surface area contributed by atoms with Crippen molar-refractivity contribution in [1.82, 2.24) is 0 Å². The standard InChI is InChI=1S/C10H11N/c1-8-10-5-3-2-4-9(10)6-7-11-8/h2-5H,6-7H2,1H3/p+1. The Morgan fingerprint density at radius 3 is 2.91 bits per heavy atom. The molecule has 0 fully saturated rings. The average molecular weight is 146 g/mol. The summed E-state index contributed by atoms with van der Waals surface area (Å²) < 4.78 is 0. The smallest absolute Gasteiger partial charge is 0.178 e. The van der Waals surface area contributed by atoms with Crippen LogP contribution in [-0.2, 0) is 6.42 Å². The van der Waals surface area contributed by atoms with Gasteiger partial charge in [-0.25, -0.2) is 4.99 Å². The number of fused-ring (bicyclic) bond motifs is 1. The third-order valence-electron chi connectivity index (χ3n) is 2.21. The van der Waals surface area contributed by atoms with Crippen molar-refractivity contribution in [2.75, 3.05) is 6.54 Å². The maximum absolute atomic E-state index is 3.35. The molecule has 1 aliphatic rings. The fourth-order valence-corrected chi connectivity index (χ4v) is 1.58. The van der Waals surface area contributed by atoms with Gasteiger partial charge in [0.05, 0.1) is 0 Å². The van der Waals surface area contributed by atoms with Gasteiger partial charge in [-0.2, -0.15) is 0 Å². The summed E-state index contributed by atoms with van der Waals surface area (Å²) in [7, 11) is 0. The van der Waals surface area contributed by atoms with E-state index in [1.54, 1.807) is 0 Å². The number of hydrogen-bond acceptors (Lipinski definition) is 0. The number of benzene rings is 1. The summed E-state index contributed by atoms with van der Waals surface area (Å²) in [6, 6.07) is 8.59. The number of hydrogen-bond donors (Lipinski definition) is 1. The van der Waals surface area contributed by atoms with Gasteiger partial charge in [-0.15, -0.1) is 0 Å². The van der Waals surface area contributed by atoms with E-state index in [0.717, 1.165) is 13.0 Å². The Morgan fingerprint density at radius 2 is 2.09 bits per heavy atom. The van der Waals surface area contributed by atoms with E-state index in [1.807, 2.05) is 0 Å². The third kappa shape index (κ3) is 1.07. The van der Waals surface area contributed by atoms with Gasteiger partial charge in [-0.3, -0.25) is 0 Å². The Morgan fingerprint density at radius 1 is 1.27 bits per heavy atom. The zero-order valence-corrected chi connectivity index (χ0v) is 6.72. The molecule has 0 saturated carbocycles. The van der Waals surface area contributed by atoms with E-state index in [-0.39, 0.29) is 0 Å². The van der Waals surface area contributed by atoms with Crippen LogP contribution in [0.15, 0.2) is 24.3 Å². The highest BCUT2D eigenvalue weighted by atomic mass is 14.7. The van der Waals surface area contributed by atoms with E-state index in [4.69, 9.17) is 0 Å². The summed E-state index contributed by atoms with van der Waals surface area (Å²) in [6.07, 6.45) is 1.16. The maximum atomic E-state index is 3.35. The van der Waals surface area contributed by atoms with Gasteiger partial charge in [0, 0.05) is 18.9 Å². The molecule has 0 unspecified atom stereocenters. The summed E-state index contributed by atoms with van der Waals surface area (Å²) in [6.45, 7) is 3.22. The normalized spacial score (nSPS) is 15.5. The topological polar surface area (TPSA) is 14.0 Å². The lowest BCUT2D eigenvalue weighted by atomic mass is 9.99. The largest absolute Gasteiger partial charge is 0.245 e. The summed E-state index contributed by atoms with van der Waals surface area (Å²) in [5.74, 6) is 0. The van der Waals surface area contributed by atoms with Crippen LogP contribution in [0.3, 0.4) is 0 Å². The fourth-order valence-electron chi connectivity index (χ4n) is 1.58. The summed E-state index contributed by atoms with van der Waals surface area (Å²) in [5, 5.41) is 0. The van der Waals surface area contributed by atoms with E-state index in [9.17, 15) is 0 Å². The van der Waals surface area contributed by atoms with Crippen LogP contribution in [0.2, 0.25) is 0 Å². The monoisotopic (exact) mass is 146 g/mol. The highest BCUT2D eigenvalue weighted by Crippen LogP contribution is 2.09. The van der Waals surface area contributed by atoms with Crippen LogP contribution < -0.4 is 4.99 Å². The molecule has 0 aromatic heterocycles. The van der Waals surface area contributed by atoms with Crippen molar-refractivity contribution < 1.29 is 4.99 Å². The molecule has 1 aromatic carbocycles. The molecule has 0 radical (unpaired) electrons. The molecule has 1 heteroatoms. The van der Waals surface area contributed by atoms with Gasteiger partial charge >= 0.3 is 0 Å². The van der Waals surface area contributed by atoms with E-state index in [2.05, 4.69) is 36.2 Å². The SMILES string of the molecule is CC1=[NH+]CCc2ccccc21. The second-order valence-electron chi connectivity index (χ2n) is 2.96. The number of rotatable bonds is 0. The first-order valence-corrected chi connectivity index (χ1v) is 4.03. The lowest BCUT2D eigenvalue weighted by Crippen LogP contribution is -2.74. The molecule has 1 nitrogen and oxygen atoms in total. The Bertz CT molecular complexity index is 299. The van der Waals surface area contributed by atoms with Crippen molar-refractivity contribution >= 4 is 5.71 Å². The highest BCUT2D eigenvalue weighted by Gasteiger charge is 2.13. The van der Waals surface area contributed by atoms with Crippen molar-refractivity contribution in [2.24, 2.45) is 0 Å². The zero-order chi connectivity index (χ0) is 7.68. The highest BCUT2D eigenvalue weighted by molar-refractivity contribution is 5.96. The van der Waals surface area contributed by atoms with Crippen LogP contribution in [0.1, 0.15) is 18.1 Å². The van der Waals surface area contributed by atoms with Crippen molar-refractivity contribution in [3.8, 4) is 0 Å². The fraction of sp³-hybridized carbons (Fsp3) is 0.300. The lowest BCUT2D eigenvalue weighted by molar-refractivity contribution is -0.458. The van der Waals surface area contributed by atoms with Crippen molar-refractivity contribution in [3.05, 3.63) is 35.4 Å². The van der Waals surface area contributed by atoms with Crippen molar-refractivity contribution in [2.45, 2.75) is 13.3 Å². The first-order valence-electron chi connectivity index (χ1n) is 4.03. The molecular formula is C10H12N+. The van der Waals surface area contributed by atoms with Crippen LogP contribution in [0.4, 0.5) is 0 Å². The van der Waals surface area contributed by atoms with Gasteiger partial charge in [-0.1, -0.05) is 18.2 Å². The van der Waals surface area contributed by atoms with Gasteiger partial charge in [-0.05, 0) is 11.6 Å². The van der Waals surface area contributed by atoms with E-state index in [1.165, 1.54) is 16.8 Å². The predicted molar refractivity (Wildman–Crippen MR) is 45.8 cm³/mol. The van der Waals surface area contributed by atoms with Gasteiger partial charge in [0.2, 0.25) is 0 Å². The molecule has 1 N–H and O–H groups in total. The molecule has 0 aliphatic carbocycles. The molecule has 0 spiro atoms. The molecular weight excluding hydrogens is 134 g/mol. The molecule has 1 aromatic rings. The molecule has 0 bridgehead atoms. The summed E-state index contributed by atoms with van der Waals surface area (Å²) in [4.78, 5) is 3.35. The molecule has 0 atom stereocenters. The Hall–Kier alpha value is -1.11. The minimum atomic E-state index is 1.09. The minimum Gasteiger partial charge on any atom is -0.245 e. The first kappa shape index (κ1) is 6.59. The van der Waals surface area contributed by atoms with E-state index < -0.39 is 0 Å². The quantitative estimate of drug-likeness (QED) is 0.535. The van der Waals surface area contributed by atoms with Crippen LogP contribution in [0.25, 0.3) is 0 Å². The predicted octanol–water partition coefficient (Wildman–Crippen LogP) is 0.132. The first-order chi connectivity index (χ1) is 5.38. The van der Waals surface area contributed by atoms with Crippen LogP contribution in [-0.4, -0.2) is 12.3 Å². The molecule has 1 aliphatic heterocycles. The van der Waals surface area contributed by atoms with Gasteiger partial charge in [0.1, 0.15) is 6.54 Å². The van der Waals surface area contributed by atoms with Crippen molar-refractivity contribution in [3.63, 3.8) is 0 Å². The lowest BCUT2D eigenvalue weighted by Gasteiger charge is -2.07. The number of nitrogens with one attached hydrogen (secondary N) is 1. The Kier molecular flexibility index (Phi) is 1.50. The van der Waals surface area contributed by atoms with Crippen molar-refractivity contribution in [1.29, 1.82) is 0 Å². The molecule has 0 saturated heterocycles. The Balaban J connectivity index is 2.56. The summed E-state index contributed by atoms with van der Waals surface area (Å²) in [5.41, 5.74) is 4.18. The average Bonchev–Trinajstić information content (AvgIpc) is 2.06. The second kappa shape index (κ2) is 2.50. The van der Waals surface area contributed by atoms with Crippen LogP contribution in [0, 0.1) is 0 Å². The zero-order valence-electron chi connectivity index (χ0n) is 6.72. The molecule has 0 amide bonds. The molecule has 11 heavy (non-hydrogen) atoms. The van der Waals surface area contributed by atoms with E-state index in [0.29, 0.717) is 0 Å². The van der Waals surface area contributed by atoms with Crippen LogP contribution in [0.5, 0.6) is 0 Å². The molecule has 2 rings (SSSR count). The van der Waals surface area contributed by atoms with Gasteiger partial charge in [0.15, 0.2) is 5.71 Å². The second-order valence-corrected chi connectivity index (χ2v) is 2.96. The maximum Gasteiger partial charge on any atom is 0.178 e. The minimum absolute atomic E-state index is 1.09. The van der Waals surface area contributed by atoms with Crippen LogP contribution >= 0.6 is 0 Å². The molecule has 1 heterocycles. The van der Waals surface area contributed by atoms with E-state index >= 15 is 0 Å². The third-order valence-corrected chi connectivity index (χ3v) is 2.21. The van der Waals surface area contributed by atoms with Gasteiger partial charge in [0.25, 0.3) is 0 Å². The Labute approximate surface area is 66.8 Å². The van der Waals surface area contributed by atoms with Gasteiger partial charge < -0.3 is 0 Å². The summed E-state index contributed by atoms with van der Waals surface area (Å²) >= 11 is 0.